The first-order chi connectivity index (χ1) is 11.1. The van der Waals surface area contributed by atoms with Crippen LogP contribution in [0.5, 0.6) is 0 Å². The molecular formula is C19H25NO2S2. The second-order valence-electron chi connectivity index (χ2n) is 6.89. The molecule has 0 amide bonds. The van der Waals surface area contributed by atoms with E-state index in [0.717, 1.165) is 10.5 Å². The summed E-state index contributed by atoms with van der Waals surface area (Å²) >= 11 is 1.59. The van der Waals surface area contributed by atoms with E-state index in [-0.39, 0.29) is 11.5 Å². The number of thioether (sulfide) groups is 1. The number of rotatable bonds is 5. The van der Waals surface area contributed by atoms with Crippen molar-refractivity contribution in [3.05, 3.63) is 59.7 Å². The SMILES string of the molecule is CSc1ccc(S(=O)(=O)NC(C)c2ccc(C(C)(C)C)cc2)cc1. The summed E-state index contributed by atoms with van der Waals surface area (Å²) in [5.41, 5.74) is 2.27. The van der Waals surface area contributed by atoms with Crippen molar-refractivity contribution in [1.29, 1.82) is 0 Å². The van der Waals surface area contributed by atoms with E-state index in [0.29, 0.717) is 4.90 Å². The van der Waals surface area contributed by atoms with E-state index in [2.05, 4.69) is 37.6 Å². The van der Waals surface area contributed by atoms with Crippen LogP contribution < -0.4 is 4.72 Å². The fourth-order valence-electron chi connectivity index (χ4n) is 2.40. The molecule has 0 radical (unpaired) electrons. The van der Waals surface area contributed by atoms with Crippen molar-refractivity contribution in [3.8, 4) is 0 Å². The first-order valence-corrected chi connectivity index (χ1v) is 10.6. The fraction of sp³-hybridized carbons (Fsp3) is 0.368. The zero-order valence-electron chi connectivity index (χ0n) is 14.8. The van der Waals surface area contributed by atoms with Crippen LogP contribution >= 0.6 is 11.8 Å². The molecule has 0 saturated heterocycles. The minimum absolute atomic E-state index is 0.0836. The molecule has 1 atom stereocenters. The summed E-state index contributed by atoms with van der Waals surface area (Å²) in [6.07, 6.45) is 1.96. The van der Waals surface area contributed by atoms with Gasteiger partial charge in [0.15, 0.2) is 0 Å². The van der Waals surface area contributed by atoms with E-state index in [4.69, 9.17) is 0 Å². The van der Waals surface area contributed by atoms with Gasteiger partial charge < -0.3 is 0 Å². The highest BCUT2D eigenvalue weighted by atomic mass is 32.2. The molecule has 1 unspecified atom stereocenters. The molecule has 0 fully saturated rings. The first kappa shape index (κ1) is 19.0. The Hall–Kier alpha value is -1.30. The summed E-state index contributed by atoms with van der Waals surface area (Å²) in [5.74, 6) is 0. The van der Waals surface area contributed by atoms with Gasteiger partial charge >= 0.3 is 0 Å². The van der Waals surface area contributed by atoms with Gasteiger partial charge in [0.25, 0.3) is 0 Å². The summed E-state index contributed by atoms with van der Waals surface area (Å²) in [5, 5.41) is 0. The van der Waals surface area contributed by atoms with Crippen LogP contribution in [0.25, 0.3) is 0 Å². The molecule has 0 bridgehead atoms. The number of hydrogen-bond donors (Lipinski definition) is 1. The summed E-state index contributed by atoms with van der Waals surface area (Å²) in [7, 11) is -3.53. The predicted octanol–water partition coefficient (Wildman–Crippen LogP) is 4.75. The standard InChI is InChI=1S/C19H25NO2S2/c1-14(15-6-8-16(9-7-15)19(2,3)4)20-24(21,22)18-12-10-17(23-5)11-13-18/h6-14,20H,1-5H3. The van der Waals surface area contributed by atoms with E-state index >= 15 is 0 Å². The van der Waals surface area contributed by atoms with Crippen molar-refractivity contribution >= 4 is 21.8 Å². The van der Waals surface area contributed by atoms with Crippen LogP contribution in [-0.4, -0.2) is 14.7 Å². The third-order valence-corrected chi connectivity index (χ3v) is 6.28. The second-order valence-corrected chi connectivity index (χ2v) is 9.48. The van der Waals surface area contributed by atoms with Crippen molar-refractivity contribution in [2.75, 3.05) is 6.26 Å². The molecule has 2 aromatic rings. The van der Waals surface area contributed by atoms with E-state index in [9.17, 15) is 8.42 Å². The Morgan fingerprint density at radius 3 is 1.96 bits per heavy atom. The molecule has 0 spiro atoms. The molecule has 0 aliphatic heterocycles. The van der Waals surface area contributed by atoms with Crippen LogP contribution in [0, 0.1) is 0 Å². The second kappa shape index (κ2) is 7.30. The molecule has 0 saturated carbocycles. The van der Waals surface area contributed by atoms with Crippen LogP contribution in [0.1, 0.15) is 44.9 Å². The molecule has 130 valence electrons. The lowest BCUT2D eigenvalue weighted by Crippen LogP contribution is -2.27. The minimum Gasteiger partial charge on any atom is -0.207 e. The zero-order chi connectivity index (χ0) is 18.0. The topological polar surface area (TPSA) is 46.2 Å². The van der Waals surface area contributed by atoms with E-state index in [1.54, 1.807) is 23.9 Å². The normalized spacial score (nSPS) is 13.7. The third kappa shape index (κ3) is 4.62. The van der Waals surface area contributed by atoms with Crippen molar-refractivity contribution in [1.82, 2.24) is 4.72 Å². The summed E-state index contributed by atoms with van der Waals surface area (Å²) in [6.45, 7) is 8.34. The lowest BCUT2D eigenvalue weighted by atomic mass is 9.86. The van der Waals surface area contributed by atoms with Crippen LogP contribution in [0.4, 0.5) is 0 Å². The van der Waals surface area contributed by atoms with Gasteiger partial charge in [-0.1, -0.05) is 45.0 Å². The maximum absolute atomic E-state index is 12.5. The average Bonchev–Trinajstić information content (AvgIpc) is 2.54. The lowest BCUT2D eigenvalue weighted by Gasteiger charge is -2.20. The number of nitrogens with one attached hydrogen (secondary N) is 1. The summed E-state index contributed by atoms with van der Waals surface area (Å²) in [4.78, 5) is 1.33. The molecular weight excluding hydrogens is 338 g/mol. The molecule has 2 aromatic carbocycles. The van der Waals surface area contributed by atoms with Crippen molar-refractivity contribution in [2.24, 2.45) is 0 Å². The number of sulfonamides is 1. The van der Waals surface area contributed by atoms with Gasteiger partial charge in [0.2, 0.25) is 10.0 Å². The zero-order valence-corrected chi connectivity index (χ0v) is 16.5. The molecule has 0 aliphatic rings. The quantitative estimate of drug-likeness (QED) is 0.780. The summed E-state index contributed by atoms with van der Waals surface area (Å²) in [6, 6.07) is 14.7. The Balaban J connectivity index is 2.16. The molecule has 0 aromatic heterocycles. The molecule has 5 heteroatoms. The smallest absolute Gasteiger partial charge is 0.207 e. The predicted molar refractivity (Wildman–Crippen MR) is 102 cm³/mol. The van der Waals surface area contributed by atoms with Crippen LogP contribution in [0.15, 0.2) is 58.3 Å². The summed E-state index contributed by atoms with van der Waals surface area (Å²) < 4.78 is 27.8. The first-order valence-electron chi connectivity index (χ1n) is 7.90. The average molecular weight is 364 g/mol. The highest BCUT2D eigenvalue weighted by molar-refractivity contribution is 7.98. The Morgan fingerprint density at radius 1 is 0.958 bits per heavy atom. The van der Waals surface area contributed by atoms with E-state index < -0.39 is 10.0 Å². The number of hydrogen-bond acceptors (Lipinski definition) is 3. The van der Waals surface area contributed by atoms with Gasteiger partial charge in [0.1, 0.15) is 0 Å². The van der Waals surface area contributed by atoms with Gasteiger partial charge in [-0.2, -0.15) is 0 Å². The maximum Gasteiger partial charge on any atom is 0.241 e. The highest BCUT2D eigenvalue weighted by Gasteiger charge is 2.19. The molecule has 24 heavy (non-hydrogen) atoms. The van der Waals surface area contributed by atoms with Gasteiger partial charge in [-0.3, -0.25) is 0 Å². The van der Waals surface area contributed by atoms with Crippen molar-refractivity contribution < 1.29 is 8.42 Å². The number of benzene rings is 2. The lowest BCUT2D eigenvalue weighted by molar-refractivity contribution is 0.565. The van der Waals surface area contributed by atoms with Crippen molar-refractivity contribution in [3.63, 3.8) is 0 Å². The Labute approximate surface area is 149 Å². The minimum atomic E-state index is -3.53. The van der Waals surface area contributed by atoms with Gasteiger partial charge in [0.05, 0.1) is 4.90 Å². The Morgan fingerprint density at radius 2 is 1.50 bits per heavy atom. The van der Waals surface area contributed by atoms with E-state index in [1.165, 1.54) is 5.56 Å². The molecule has 2 rings (SSSR count). The molecule has 0 heterocycles. The molecule has 0 aliphatic carbocycles. The van der Waals surface area contributed by atoms with Crippen LogP contribution in [0.2, 0.25) is 0 Å². The monoisotopic (exact) mass is 363 g/mol. The maximum atomic E-state index is 12.5. The van der Waals surface area contributed by atoms with Gasteiger partial charge in [0, 0.05) is 10.9 Å². The Kier molecular flexibility index (Phi) is 5.78. The third-order valence-electron chi connectivity index (χ3n) is 3.98. The molecule has 1 N–H and O–H groups in total. The highest BCUT2D eigenvalue weighted by Crippen LogP contribution is 2.25. The van der Waals surface area contributed by atoms with Crippen molar-refractivity contribution in [2.45, 2.75) is 48.9 Å². The van der Waals surface area contributed by atoms with Crippen LogP contribution in [-0.2, 0) is 15.4 Å². The van der Waals surface area contributed by atoms with Gasteiger partial charge in [-0.25, -0.2) is 13.1 Å². The van der Waals surface area contributed by atoms with E-state index in [1.807, 2.05) is 37.4 Å². The van der Waals surface area contributed by atoms with Gasteiger partial charge in [-0.05, 0) is 54.0 Å². The largest absolute Gasteiger partial charge is 0.241 e. The Bertz CT molecular complexity index is 774. The fourth-order valence-corrected chi connectivity index (χ4v) is 4.04. The van der Waals surface area contributed by atoms with Gasteiger partial charge in [-0.15, -0.1) is 11.8 Å². The molecule has 3 nitrogen and oxygen atoms in total. The van der Waals surface area contributed by atoms with Crippen LogP contribution in [0.3, 0.4) is 0 Å².